The first kappa shape index (κ1) is 25.4. The molecule has 11 heteroatoms. The Balaban J connectivity index is 2.51. The van der Waals surface area contributed by atoms with Crippen molar-refractivity contribution in [2.24, 2.45) is 0 Å². The highest BCUT2D eigenvalue weighted by Crippen LogP contribution is 2.41. The summed E-state index contributed by atoms with van der Waals surface area (Å²) in [6.07, 6.45) is -8.20. The molecule has 2 aromatic rings. The van der Waals surface area contributed by atoms with Crippen molar-refractivity contribution >= 4 is 46.8 Å². The summed E-state index contributed by atoms with van der Waals surface area (Å²) in [4.78, 5) is 11.8. The van der Waals surface area contributed by atoms with Gasteiger partial charge in [-0.15, -0.1) is 0 Å². The molecule has 2 aromatic carbocycles. The van der Waals surface area contributed by atoms with E-state index < -0.39 is 35.4 Å². The minimum Gasteiger partial charge on any atom is -0.462 e. The number of rotatable bonds is 5. The van der Waals surface area contributed by atoms with Gasteiger partial charge in [0.2, 0.25) is 0 Å². The lowest BCUT2D eigenvalue weighted by molar-refractivity contribution is -0.139. The molecule has 0 saturated heterocycles. The molecule has 31 heavy (non-hydrogen) atoms. The topological polar surface area (TPSA) is 26.3 Å². The average molecular weight is 506 g/mol. The van der Waals surface area contributed by atoms with Gasteiger partial charge in [0.25, 0.3) is 0 Å². The molecule has 0 amide bonds. The second-order valence-electron chi connectivity index (χ2n) is 6.20. The maximum Gasteiger partial charge on any atom is 0.417 e. The minimum atomic E-state index is -4.92. The second kappa shape index (κ2) is 9.71. The SMILES string of the molecule is CCOC(=O)c1ccc(/C=C/C(c2cc(Cl)c(Cl)c(Cl)c2)C(F)(F)F)cc1C(F)(F)F. The monoisotopic (exact) mass is 504 g/mol. The first-order chi connectivity index (χ1) is 14.3. The molecule has 0 aliphatic heterocycles. The summed E-state index contributed by atoms with van der Waals surface area (Å²) >= 11 is 17.4. The summed E-state index contributed by atoms with van der Waals surface area (Å²) in [5, 5.41) is -0.531. The van der Waals surface area contributed by atoms with Crippen LogP contribution in [0.4, 0.5) is 26.3 Å². The standard InChI is InChI=1S/C20H13Cl3F6O2/c1-2-31-18(30)12-5-3-10(7-14(12)20(27,28)29)4-6-13(19(24,25)26)11-8-15(21)17(23)16(22)9-11/h3-9,13H,2H2,1H3/b6-4+. The van der Waals surface area contributed by atoms with Crippen LogP contribution in [0.5, 0.6) is 0 Å². The lowest BCUT2D eigenvalue weighted by atomic mass is 9.96. The van der Waals surface area contributed by atoms with Gasteiger partial charge in [0.1, 0.15) is 0 Å². The molecule has 2 nitrogen and oxygen atoms in total. The van der Waals surface area contributed by atoms with Crippen LogP contribution in [0.2, 0.25) is 15.1 Å². The Morgan fingerprint density at radius 1 is 1.03 bits per heavy atom. The quantitative estimate of drug-likeness (QED) is 0.233. The molecule has 0 aliphatic rings. The highest BCUT2D eigenvalue weighted by molar-refractivity contribution is 6.48. The Hall–Kier alpha value is -1.90. The van der Waals surface area contributed by atoms with Gasteiger partial charge in [0.05, 0.1) is 38.7 Å². The average Bonchev–Trinajstić information content (AvgIpc) is 2.64. The number of alkyl halides is 6. The van der Waals surface area contributed by atoms with Gasteiger partial charge in [-0.25, -0.2) is 4.79 Å². The normalized spacial score (nSPS) is 13.5. The van der Waals surface area contributed by atoms with Crippen LogP contribution < -0.4 is 0 Å². The van der Waals surface area contributed by atoms with Crippen molar-refractivity contribution in [2.45, 2.75) is 25.2 Å². The molecule has 0 bridgehead atoms. The van der Waals surface area contributed by atoms with Gasteiger partial charge in [0.15, 0.2) is 0 Å². The van der Waals surface area contributed by atoms with Gasteiger partial charge in [-0.2, -0.15) is 26.3 Å². The third-order valence-electron chi connectivity index (χ3n) is 4.04. The third-order valence-corrected chi connectivity index (χ3v) is 5.24. The first-order valence-electron chi connectivity index (χ1n) is 8.53. The molecule has 0 aliphatic carbocycles. The van der Waals surface area contributed by atoms with Gasteiger partial charge in [-0.05, 0) is 42.3 Å². The molecule has 168 valence electrons. The van der Waals surface area contributed by atoms with Gasteiger partial charge >= 0.3 is 18.3 Å². The fraction of sp³-hybridized carbons (Fsp3) is 0.250. The van der Waals surface area contributed by atoms with Crippen molar-refractivity contribution in [3.8, 4) is 0 Å². The van der Waals surface area contributed by atoms with Crippen LogP contribution in [0.1, 0.15) is 39.9 Å². The minimum absolute atomic E-state index is 0.124. The van der Waals surface area contributed by atoms with Crippen LogP contribution >= 0.6 is 34.8 Å². The van der Waals surface area contributed by atoms with Crippen molar-refractivity contribution in [2.75, 3.05) is 6.61 Å². The number of ether oxygens (including phenoxy) is 1. The largest absolute Gasteiger partial charge is 0.462 e. The van der Waals surface area contributed by atoms with Crippen LogP contribution in [0.25, 0.3) is 6.08 Å². The van der Waals surface area contributed by atoms with E-state index in [-0.39, 0.29) is 32.8 Å². The van der Waals surface area contributed by atoms with Crippen molar-refractivity contribution in [3.63, 3.8) is 0 Å². The number of carbonyl (C=O) groups is 1. The Labute approximate surface area is 188 Å². The summed E-state index contributed by atoms with van der Waals surface area (Å²) in [5.41, 5.74) is -2.62. The molecule has 0 heterocycles. The van der Waals surface area contributed by atoms with E-state index in [1.54, 1.807) is 0 Å². The van der Waals surface area contributed by atoms with E-state index in [1.165, 1.54) is 6.92 Å². The number of esters is 1. The van der Waals surface area contributed by atoms with Gasteiger partial charge < -0.3 is 4.74 Å². The van der Waals surface area contributed by atoms with Crippen molar-refractivity contribution in [1.29, 1.82) is 0 Å². The van der Waals surface area contributed by atoms with Crippen molar-refractivity contribution in [3.05, 3.63) is 73.7 Å². The maximum atomic E-state index is 13.6. The maximum absolute atomic E-state index is 13.6. The number of carbonyl (C=O) groups excluding carboxylic acids is 1. The van der Waals surface area contributed by atoms with Gasteiger partial charge in [-0.1, -0.05) is 53.0 Å². The number of hydrogen-bond acceptors (Lipinski definition) is 2. The molecule has 0 radical (unpaired) electrons. The van der Waals surface area contributed by atoms with Crippen LogP contribution in [0, 0.1) is 0 Å². The third kappa shape index (κ3) is 6.30. The summed E-state index contributed by atoms with van der Waals surface area (Å²) < 4.78 is 85.4. The predicted molar refractivity (Wildman–Crippen MR) is 107 cm³/mol. The zero-order valence-electron chi connectivity index (χ0n) is 15.5. The number of allylic oxidation sites excluding steroid dienone is 1. The molecular formula is C20H13Cl3F6O2. The van der Waals surface area contributed by atoms with Crippen molar-refractivity contribution in [1.82, 2.24) is 0 Å². The fourth-order valence-electron chi connectivity index (χ4n) is 2.66. The van der Waals surface area contributed by atoms with E-state index in [9.17, 15) is 31.1 Å². The van der Waals surface area contributed by atoms with E-state index in [0.717, 1.165) is 30.3 Å². The molecule has 0 aromatic heterocycles. The molecule has 0 spiro atoms. The van der Waals surface area contributed by atoms with E-state index in [2.05, 4.69) is 4.74 Å². The van der Waals surface area contributed by atoms with E-state index in [4.69, 9.17) is 34.8 Å². The highest BCUT2D eigenvalue weighted by atomic mass is 35.5. The molecule has 0 N–H and O–H groups in total. The van der Waals surface area contributed by atoms with Crippen LogP contribution in [-0.4, -0.2) is 18.8 Å². The smallest absolute Gasteiger partial charge is 0.417 e. The van der Waals surface area contributed by atoms with E-state index in [0.29, 0.717) is 12.1 Å². The Morgan fingerprint density at radius 3 is 2.10 bits per heavy atom. The number of halogens is 9. The molecule has 1 atom stereocenters. The molecule has 0 fully saturated rings. The fourth-order valence-corrected chi connectivity index (χ4v) is 3.27. The zero-order valence-corrected chi connectivity index (χ0v) is 17.8. The second-order valence-corrected chi connectivity index (χ2v) is 7.39. The molecule has 1 unspecified atom stereocenters. The van der Waals surface area contributed by atoms with Gasteiger partial charge in [-0.3, -0.25) is 0 Å². The van der Waals surface area contributed by atoms with E-state index in [1.807, 2.05) is 0 Å². The van der Waals surface area contributed by atoms with Crippen molar-refractivity contribution < 1.29 is 35.9 Å². The Kier molecular flexibility index (Phi) is 7.94. The molecule has 2 rings (SSSR count). The first-order valence-corrected chi connectivity index (χ1v) is 9.66. The lowest BCUT2D eigenvalue weighted by Gasteiger charge is -2.18. The predicted octanol–water partition coefficient (Wildman–Crippen LogP) is 8.20. The number of hydrogen-bond donors (Lipinski definition) is 0. The summed E-state index contributed by atoms with van der Waals surface area (Å²) in [5.74, 6) is -3.41. The highest BCUT2D eigenvalue weighted by Gasteiger charge is 2.40. The van der Waals surface area contributed by atoms with Crippen LogP contribution in [0.15, 0.2) is 36.4 Å². The Morgan fingerprint density at radius 2 is 1.61 bits per heavy atom. The lowest BCUT2D eigenvalue weighted by Crippen LogP contribution is -2.19. The Bertz CT molecular complexity index is 976. The molecular weight excluding hydrogens is 493 g/mol. The van der Waals surface area contributed by atoms with Crippen LogP contribution in [0.3, 0.4) is 0 Å². The summed E-state index contributed by atoms with van der Waals surface area (Å²) in [6, 6.07) is 4.44. The van der Waals surface area contributed by atoms with E-state index >= 15 is 0 Å². The zero-order chi connectivity index (χ0) is 23.6. The van der Waals surface area contributed by atoms with Gasteiger partial charge in [0, 0.05) is 0 Å². The summed E-state index contributed by atoms with van der Waals surface area (Å²) in [6.45, 7) is 1.28. The summed E-state index contributed by atoms with van der Waals surface area (Å²) in [7, 11) is 0. The number of benzene rings is 2. The van der Waals surface area contributed by atoms with Crippen LogP contribution in [-0.2, 0) is 10.9 Å². The molecule has 0 saturated carbocycles.